The number of nitrogens with one attached hydrogen (secondary N) is 1. The fourth-order valence-electron chi connectivity index (χ4n) is 1.67. The Labute approximate surface area is 129 Å². The lowest BCUT2D eigenvalue weighted by atomic mass is 10.2. The third kappa shape index (κ3) is 3.43. The van der Waals surface area contributed by atoms with Crippen molar-refractivity contribution >= 4 is 33.2 Å². The molecule has 2 rings (SSSR count). The molecule has 0 radical (unpaired) electrons. The molecular weight excluding hydrogens is 343 g/mol. The van der Waals surface area contributed by atoms with Crippen LogP contribution in [0.1, 0.15) is 40.1 Å². The van der Waals surface area contributed by atoms with Crippen molar-refractivity contribution in [1.82, 2.24) is 10.3 Å². The van der Waals surface area contributed by atoms with Gasteiger partial charge in [-0.1, -0.05) is 6.92 Å². The highest BCUT2D eigenvalue weighted by Gasteiger charge is 2.15. The van der Waals surface area contributed by atoms with Crippen LogP contribution in [0.25, 0.3) is 0 Å². The Balaban J connectivity index is 2.08. The van der Waals surface area contributed by atoms with E-state index in [1.165, 1.54) is 17.0 Å². The molecule has 1 amide bonds. The van der Waals surface area contributed by atoms with E-state index in [0.29, 0.717) is 10.0 Å². The molecule has 6 heteroatoms. The summed E-state index contributed by atoms with van der Waals surface area (Å²) < 4.78 is 13.8. The van der Waals surface area contributed by atoms with Gasteiger partial charge in [-0.05, 0) is 47.5 Å². The van der Waals surface area contributed by atoms with Gasteiger partial charge >= 0.3 is 0 Å². The standard InChI is InChI=1S/C14H14BrFN2OS/c1-3-10-7-17-14(20-10)8(2)18-13(19)9-4-5-11(15)12(16)6-9/h4-8H,3H2,1-2H3,(H,18,19). The van der Waals surface area contributed by atoms with E-state index < -0.39 is 5.82 Å². The second kappa shape index (κ2) is 6.45. The average Bonchev–Trinajstić information content (AvgIpc) is 2.90. The summed E-state index contributed by atoms with van der Waals surface area (Å²) in [5.41, 5.74) is 0.296. The first-order valence-corrected chi connectivity index (χ1v) is 7.82. The Morgan fingerprint density at radius 2 is 2.30 bits per heavy atom. The summed E-state index contributed by atoms with van der Waals surface area (Å²) in [4.78, 5) is 17.5. The maximum Gasteiger partial charge on any atom is 0.251 e. The largest absolute Gasteiger partial charge is 0.343 e. The van der Waals surface area contributed by atoms with Gasteiger partial charge in [0, 0.05) is 16.6 Å². The molecule has 0 fully saturated rings. The number of aryl methyl sites for hydroxylation is 1. The van der Waals surface area contributed by atoms with Crippen molar-refractivity contribution in [3.8, 4) is 0 Å². The Bertz CT molecular complexity index is 629. The Morgan fingerprint density at radius 1 is 1.55 bits per heavy atom. The van der Waals surface area contributed by atoms with Gasteiger partial charge in [-0.15, -0.1) is 11.3 Å². The number of amides is 1. The molecule has 1 unspecified atom stereocenters. The maximum atomic E-state index is 13.4. The summed E-state index contributed by atoms with van der Waals surface area (Å²) in [6.07, 6.45) is 2.75. The van der Waals surface area contributed by atoms with Gasteiger partial charge in [0.2, 0.25) is 0 Å². The van der Waals surface area contributed by atoms with Crippen LogP contribution in [0.15, 0.2) is 28.9 Å². The average molecular weight is 357 g/mol. The van der Waals surface area contributed by atoms with Crippen LogP contribution in [0.2, 0.25) is 0 Å². The number of thiazole rings is 1. The molecule has 2 aromatic rings. The minimum Gasteiger partial charge on any atom is -0.343 e. The van der Waals surface area contributed by atoms with Crippen LogP contribution in [-0.2, 0) is 6.42 Å². The molecule has 0 saturated heterocycles. The smallest absolute Gasteiger partial charge is 0.251 e. The first-order valence-electron chi connectivity index (χ1n) is 6.21. The molecule has 0 aliphatic carbocycles. The Kier molecular flexibility index (Phi) is 4.88. The summed E-state index contributed by atoms with van der Waals surface area (Å²) in [7, 11) is 0. The van der Waals surface area contributed by atoms with Crippen molar-refractivity contribution in [2.75, 3.05) is 0 Å². The van der Waals surface area contributed by atoms with Crippen molar-refractivity contribution in [2.24, 2.45) is 0 Å². The summed E-state index contributed by atoms with van der Waals surface area (Å²) in [5.74, 6) is -0.759. The molecule has 0 saturated carbocycles. The van der Waals surface area contributed by atoms with E-state index in [0.717, 1.165) is 11.4 Å². The fraction of sp³-hybridized carbons (Fsp3) is 0.286. The van der Waals surface area contributed by atoms with E-state index in [9.17, 15) is 9.18 Å². The number of carbonyl (C=O) groups is 1. The van der Waals surface area contributed by atoms with Gasteiger partial charge in [0.1, 0.15) is 10.8 Å². The van der Waals surface area contributed by atoms with Gasteiger partial charge in [0.25, 0.3) is 5.91 Å². The van der Waals surface area contributed by atoms with Gasteiger partial charge in [0.05, 0.1) is 10.5 Å². The van der Waals surface area contributed by atoms with Crippen LogP contribution >= 0.6 is 27.3 Å². The van der Waals surface area contributed by atoms with E-state index in [-0.39, 0.29) is 11.9 Å². The lowest BCUT2D eigenvalue weighted by molar-refractivity contribution is 0.0939. The normalized spacial score (nSPS) is 12.2. The molecule has 0 aliphatic rings. The van der Waals surface area contributed by atoms with Crippen molar-refractivity contribution in [3.05, 3.63) is 50.1 Å². The van der Waals surface area contributed by atoms with Gasteiger partial charge in [0.15, 0.2) is 0 Å². The lowest BCUT2D eigenvalue weighted by Crippen LogP contribution is -2.26. The molecule has 0 spiro atoms. The summed E-state index contributed by atoms with van der Waals surface area (Å²) in [6.45, 7) is 3.93. The van der Waals surface area contributed by atoms with E-state index in [1.54, 1.807) is 17.4 Å². The zero-order valence-corrected chi connectivity index (χ0v) is 13.5. The zero-order valence-electron chi connectivity index (χ0n) is 11.1. The van der Waals surface area contributed by atoms with Crippen LogP contribution in [-0.4, -0.2) is 10.9 Å². The highest BCUT2D eigenvalue weighted by atomic mass is 79.9. The molecule has 1 atom stereocenters. The van der Waals surface area contributed by atoms with Crippen LogP contribution in [0.4, 0.5) is 4.39 Å². The number of hydrogen-bond acceptors (Lipinski definition) is 3. The predicted molar refractivity (Wildman–Crippen MR) is 81.5 cm³/mol. The minimum absolute atomic E-state index is 0.195. The quantitative estimate of drug-likeness (QED) is 0.895. The number of halogens is 2. The monoisotopic (exact) mass is 356 g/mol. The number of nitrogens with zero attached hydrogens (tertiary/aromatic N) is 1. The van der Waals surface area contributed by atoms with Crippen LogP contribution in [0.3, 0.4) is 0 Å². The fourth-order valence-corrected chi connectivity index (χ4v) is 2.77. The van der Waals surface area contributed by atoms with E-state index in [2.05, 4.69) is 33.2 Å². The maximum absolute atomic E-state index is 13.4. The second-order valence-corrected chi connectivity index (χ2v) is 6.34. The number of hydrogen-bond donors (Lipinski definition) is 1. The van der Waals surface area contributed by atoms with Gasteiger partial charge < -0.3 is 5.32 Å². The molecule has 1 heterocycles. The molecule has 1 aromatic heterocycles. The van der Waals surface area contributed by atoms with Gasteiger partial charge in [-0.2, -0.15) is 0 Å². The lowest BCUT2D eigenvalue weighted by Gasteiger charge is -2.11. The first kappa shape index (κ1) is 15.1. The third-order valence-electron chi connectivity index (χ3n) is 2.82. The van der Waals surface area contributed by atoms with Crippen molar-refractivity contribution < 1.29 is 9.18 Å². The minimum atomic E-state index is -0.451. The highest BCUT2D eigenvalue weighted by Crippen LogP contribution is 2.21. The SMILES string of the molecule is CCc1cnc(C(C)NC(=O)c2ccc(Br)c(F)c2)s1. The van der Waals surface area contributed by atoms with Crippen molar-refractivity contribution in [1.29, 1.82) is 0 Å². The number of rotatable bonds is 4. The van der Waals surface area contributed by atoms with Gasteiger partial charge in [-0.25, -0.2) is 9.37 Å². The predicted octanol–water partition coefficient (Wildman–Crippen LogP) is 4.10. The second-order valence-electron chi connectivity index (χ2n) is 4.34. The Morgan fingerprint density at radius 3 is 2.90 bits per heavy atom. The summed E-state index contributed by atoms with van der Waals surface area (Å²) >= 11 is 4.64. The number of aromatic nitrogens is 1. The summed E-state index contributed by atoms with van der Waals surface area (Å²) in [6, 6.07) is 4.12. The van der Waals surface area contributed by atoms with Crippen molar-refractivity contribution in [2.45, 2.75) is 26.3 Å². The molecular formula is C14H14BrFN2OS. The topological polar surface area (TPSA) is 42.0 Å². The zero-order chi connectivity index (χ0) is 14.7. The van der Waals surface area contributed by atoms with E-state index in [4.69, 9.17) is 0 Å². The molecule has 106 valence electrons. The third-order valence-corrected chi connectivity index (χ3v) is 4.79. The van der Waals surface area contributed by atoms with E-state index >= 15 is 0 Å². The molecule has 0 bridgehead atoms. The molecule has 1 N–H and O–H groups in total. The molecule has 3 nitrogen and oxygen atoms in total. The van der Waals surface area contributed by atoms with Crippen LogP contribution in [0.5, 0.6) is 0 Å². The number of carbonyl (C=O) groups excluding carboxylic acids is 1. The highest BCUT2D eigenvalue weighted by molar-refractivity contribution is 9.10. The Hall–Kier alpha value is -1.27. The van der Waals surface area contributed by atoms with Crippen LogP contribution < -0.4 is 5.32 Å². The first-order chi connectivity index (χ1) is 9.51. The molecule has 0 aliphatic heterocycles. The van der Waals surface area contributed by atoms with Gasteiger partial charge in [-0.3, -0.25) is 4.79 Å². The van der Waals surface area contributed by atoms with E-state index in [1.807, 2.05) is 13.1 Å². The molecule has 1 aromatic carbocycles. The van der Waals surface area contributed by atoms with Crippen LogP contribution in [0, 0.1) is 5.82 Å². The summed E-state index contributed by atoms with van der Waals surface area (Å²) in [5, 5.41) is 3.68. The van der Waals surface area contributed by atoms with Crippen molar-refractivity contribution in [3.63, 3.8) is 0 Å². The number of benzene rings is 1. The molecule has 20 heavy (non-hydrogen) atoms.